The number of nitrogens with zero attached hydrogens (tertiary/aromatic N) is 3. The maximum absolute atomic E-state index is 12.3. The van der Waals surface area contributed by atoms with Crippen LogP contribution in [0.3, 0.4) is 0 Å². The molecule has 4 rings (SSSR count). The van der Waals surface area contributed by atoms with Crippen LogP contribution in [0.4, 0.5) is 5.82 Å². The van der Waals surface area contributed by atoms with Gasteiger partial charge in [0.2, 0.25) is 5.91 Å². The van der Waals surface area contributed by atoms with E-state index in [9.17, 15) is 4.79 Å². The second-order valence-corrected chi connectivity index (χ2v) is 7.66. The molecule has 136 valence electrons. The van der Waals surface area contributed by atoms with Gasteiger partial charge >= 0.3 is 0 Å². The van der Waals surface area contributed by atoms with Gasteiger partial charge in [0.05, 0.1) is 0 Å². The molecule has 3 aliphatic rings. The number of aromatic nitrogens is 2. The van der Waals surface area contributed by atoms with Crippen LogP contribution >= 0.6 is 0 Å². The number of hydrogen-bond acceptors (Lipinski definition) is 5. The van der Waals surface area contributed by atoms with E-state index in [1.807, 2.05) is 0 Å². The molecule has 0 aromatic carbocycles. The average Bonchev–Trinajstić information content (AvgIpc) is 3.48. The van der Waals surface area contributed by atoms with Crippen molar-refractivity contribution < 1.29 is 9.53 Å². The zero-order valence-electron chi connectivity index (χ0n) is 14.8. The zero-order chi connectivity index (χ0) is 17.1. The smallest absolute Gasteiger partial charge is 0.220 e. The van der Waals surface area contributed by atoms with Crippen LogP contribution in [0.15, 0.2) is 12.4 Å². The van der Waals surface area contributed by atoms with Crippen molar-refractivity contribution in [3.05, 3.63) is 18.1 Å². The van der Waals surface area contributed by atoms with Crippen LogP contribution in [0.2, 0.25) is 0 Å². The van der Waals surface area contributed by atoms with Gasteiger partial charge in [-0.1, -0.05) is 0 Å². The van der Waals surface area contributed by atoms with Gasteiger partial charge in [0.25, 0.3) is 0 Å². The van der Waals surface area contributed by atoms with Gasteiger partial charge in [-0.05, 0) is 44.4 Å². The molecule has 1 amide bonds. The predicted molar refractivity (Wildman–Crippen MR) is 95.5 cm³/mol. The molecule has 0 atom stereocenters. The van der Waals surface area contributed by atoms with E-state index in [0.717, 1.165) is 57.8 Å². The summed E-state index contributed by atoms with van der Waals surface area (Å²) in [6, 6.07) is 2.47. The van der Waals surface area contributed by atoms with Crippen LogP contribution in [0.25, 0.3) is 0 Å². The van der Waals surface area contributed by atoms with Crippen molar-refractivity contribution in [2.45, 2.75) is 56.9 Å². The number of rotatable bonds is 5. The summed E-state index contributed by atoms with van der Waals surface area (Å²) in [7, 11) is 0. The van der Waals surface area contributed by atoms with Crippen LogP contribution in [0.5, 0.6) is 0 Å². The minimum Gasteiger partial charge on any atom is -0.381 e. The first-order valence-electron chi connectivity index (χ1n) is 9.72. The summed E-state index contributed by atoms with van der Waals surface area (Å²) in [6.07, 6.45) is 8.90. The summed E-state index contributed by atoms with van der Waals surface area (Å²) in [6.45, 7) is 3.50. The fraction of sp³-hybridized carbons (Fsp3) is 0.737. The molecule has 6 nitrogen and oxygen atoms in total. The third-order valence-corrected chi connectivity index (χ3v) is 5.67. The fourth-order valence-corrected chi connectivity index (χ4v) is 3.89. The molecule has 1 N–H and O–H groups in total. The van der Waals surface area contributed by atoms with E-state index in [4.69, 9.17) is 4.74 Å². The highest BCUT2D eigenvalue weighted by molar-refractivity contribution is 5.76. The fourth-order valence-electron chi connectivity index (χ4n) is 3.89. The Morgan fingerprint density at radius 2 is 1.88 bits per heavy atom. The molecule has 2 saturated heterocycles. The lowest BCUT2D eigenvalue weighted by molar-refractivity contribution is -0.123. The first kappa shape index (κ1) is 16.8. The number of anilines is 1. The summed E-state index contributed by atoms with van der Waals surface area (Å²) >= 11 is 0. The van der Waals surface area contributed by atoms with Crippen LogP contribution in [-0.4, -0.2) is 48.2 Å². The van der Waals surface area contributed by atoms with E-state index < -0.39 is 0 Å². The second-order valence-electron chi connectivity index (χ2n) is 7.66. The van der Waals surface area contributed by atoms with E-state index in [1.54, 1.807) is 6.33 Å². The van der Waals surface area contributed by atoms with E-state index in [0.29, 0.717) is 24.3 Å². The molecule has 25 heavy (non-hydrogen) atoms. The van der Waals surface area contributed by atoms with Crippen molar-refractivity contribution in [3.63, 3.8) is 0 Å². The summed E-state index contributed by atoms with van der Waals surface area (Å²) in [5, 5.41) is 3.18. The van der Waals surface area contributed by atoms with Gasteiger partial charge in [0.1, 0.15) is 12.1 Å². The molecule has 1 saturated carbocycles. The molecule has 3 fully saturated rings. The number of carbonyl (C=O) groups is 1. The van der Waals surface area contributed by atoms with E-state index in [-0.39, 0.29) is 5.91 Å². The van der Waals surface area contributed by atoms with Crippen LogP contribution in [0.1, 0.15) is 56.6 Å². The number of carbonyl (C=O) groups excluding carboxylic acids is 1. The van der Waals surface area contributed by atoms with Crippen LogP contribution in [0, 0.1) is 5.92 Å². The Bertz CT molecular complexity index is 591. The first-order valence-corrected chi connectivity index (χ1v) is 9.72. The first-order chi connectivity index (χ1) is 12.3. The highest BCUT2D eigenvalue weighted by Gasteiger charge is 2.27. The van der Waals surface area contributed by atoms with E-state index in [1.165, 1.54) is 18.5 Å². The van der Waals surface area contributed by atoms with E-state index >= 15 is 0 Å². The van der Waals surface area contributed by atoms with Crippen molar-refractivity contribution in [2.75, 3.05) is 31.2 Å². The third-order valence-electron chi connectivity index (χ3n) is 5.67. The molecule has 6 heteroatoms. The highest BCUT2D eigenvalue weighted by atomic mass is 16.5. The van der Waals surface area contributed by atoms with Crippen molar-refractivity contribution in [3.8, 4) is 0 Å². The van der Waals surface area contributed by atoms with Crippen LogP contribution in [-0.2, 0) is 9.53 Å². The predicted octanol–water partition coefficient (Wildman–Crippen LogP) is 2.26. The number of piperidine rings is 1. The zero-order valence-corrected chi connectivity index (χ0v) is 14.8. The Labute approximate surface area is 149 Å². The van der Waals surface area contributed by atoms with Gasteiger partial charge in [-0.3, -0.25) is 4.79 Å². The second kappa shape index (κ2) is 7.68. The summed E-state index contributed by atoms with van der Waals surface area (Å²) in [5.41, 5.74) is 1.20. The quantitative estimate of drug-likeness (QED) is 0.887. The van der Waals surface area contributed by atoms with Crippen molar-refractivity contribution in [1.82, 2.24) is 15.3 Å². The monoisotopic (exact) mass is 344 g/mol. The number of nitrogens with one attached hydrogen (secondary N) is 1. The molecule has 0 spiro atoms. The Balaban J connectivity index is 1.24. The van der Waals surface area contributed by atoms with E-state index in [2.05, 4.69) is 26.3 Å². The molecule has 2 aliphatic heterocycles. The topological polar surface area (TPSA) is 67.4 Å². The minimum absolute atomic E-state index is 0.211. The SMILES string of the molecule is O=C(CC1CCN(c2cc(C3CC3)ncn2)CC1)NC1CCOCC1. The standard InChI is InChI=1S/C19H28N4O2/c24-19(22-16-5-9-25-10-6-16)11-14-3-7-23(8-4-14)18-12-17(15-1-2-15)20-13-21-18/h12-16H,1-11H2,(H,22,24). The lowest BCUT2D eigenvalue weighted by Gasteiger charge is -2.33. The summed E-state index contributed by atoms with van der Waals surface area (Å²) in [5.74, 6) is 2.42. The Hall–Kier alpha value is -1.69. The van der Waals surface area contributed by atoms with Gasteiger partial charge in [0, 0.05) is 56.4 Å². The van der Waals surface area contributed by atoms with Gasteiger partial charge in [0.15, 0.2) is 0 Å². The molecule has 0 radical (unpaired) electrons. The molecule has 3 heterocycles. The number of amides is 1. The van der Waals surface area contributed by atoms with Gasteiger partial charge < -0.3 is 15.0 Å². The van der Waals surface area contributed by atoms with Crippen LogP contribution < -0.4 is 10.2 Å². The Morgan fingerprint density at radius 3 is 2.60 bits per heavy atom. The van der Waals surface area contributed by atoms with Crippen molar-refractivity contribution >= 4 is 11.7 Å². The lowest BCUT2D eigenvalue weighted by Crippen LogP contribution is -2.41. The van der Waals surface area contributed by atoms with Gasteiger partial charge in [-0.15, -0.1) is 0 Å². The molecule has 1 aromatic heterocycles. The Morgan fingerprint density at radius 1 is 1.12 bits per heavy atom. The molecule has 0 bridgehead atoms. The normalized spacial score (nSPS) is 22.8. The number of ether oxygens (including phenoxy) is 1. The Kier molecular flexibility index (Phi) is 5.15. The maximum Gasteiger partial charge on any atom is 0.220 e. The summed E-state index contributed by atoms with van der Waals surface area (Å²) < 4.78 is 5.34. The maximum atomic E-state index is 12.3. The largest absolute Gasteiger partial charge is 0.381 e. The van der Waals surface area contributed by atoms with Gasteiger partial charge in [-0.2, -0.15) is 0 Å². The molecule has 1 aromatic rings. The molecule has 0 unspecified atom stereocenters. The van der Waals surface area contributed by atoms with Crippen molar-refractivity contribution in [2.24, 2.45) is 5.92 Å². The average molecular weight is 344 g/mol. The third kappa shape index (κ3) is 4.48. The molecular weight excluding hydrogens is 316 g/mol. The molecular formula is C19H28N4O2. The lowest BCUT2D eigenvalue weighted by atomic mass is 9.93. The summed E-state index contributed by atoms with van der Waals surface area (Å²) in [4.78, 5) is 23.5. The number of hydrogen-bond donors (Lipinski definition) is 1. The highest BCUT2D eigenvalue weighted by Crippen LogP contribution is 2.39. The van der Waals surface area contributed by atoms with Gasteiger partial charge in [-0.25, -0.2) is 9.97 Å². The molecule has 1 aliphatic carbocycles. The minimum atomic E-state index is 0.211. The van der Waals surface area contributed by atoms with Crippen molar-refractivity contribution in [1.29, 1.82) is 0 Å².